The summed E-state index contributed by atoms with van der Waals surface area (Å²) < 4.78 is 0.923. The summed E-state index contributed by atoms with van der Waals surface area (Å²) in [4.78, 5) is 24.5. The third kappa shape index (κ3) is 3.04. The first-order chi connectivity index (χ1) is 12.1. The fourth-order valence-corrected chi connectivity index (χ4v) is 3.57. The molecule has 4 rings (SSSR count). The zero-order valence-corrected chi connectivity index (χ0v) is 14.0. The molecule has 1 saturated heterocycles. The lowest BCUT2D eigenvalue weighted by atomic mass is 10.2. The molecule has 8 nitrogen and oxygen atoms in total. The van der Waals surface area contributed by atoms with Crippen molar-refractivity contribution < 1.29 is 9.90 Å². The van der Waals surface area contributed by atoms with Gasteiger partial charge in [-0.05, 0) is 23.6 Å². The molecular weight excluding hydrogens is 340 g/mol. The van der Waals surface area contributed by atoms with Crippen molar-refractivity contribution in [3.8, 4) is 11.4 Å². The van der Waals surface area contributed by atoms with Crippen LogP contribution in [0.1, 0.15) is 10.5 Å². The molecule has 1 amide bonds. The van der Waals surface area contributed by atoms with Crippen molar-refractivity contribution in [3.05, 3.63) is 35.5 Å². The Morgan fingerprint density at radius 2 is 2.24 bits per heavy atom. The highest BCUT2D eigenvalue weighted by atomic mass is 32.1. The van der Waals surface area contributed by atoms with E-state index in [0.29, 0.717) is 30.3 Å². The van der Waals surface area contributed by atoms with Crippen molar-refractivity contribution in [2.45, 2.75) is 12.1 Å². The number of aliphatic hydroxyl groups is 1. The number of hydrogen-bond donors (Lipinski definition) is 4. The minimum absolute atomic E-state index is 0.119. The summed E-state index contributed by atoms with van der Waals surface area (Å²) in [6.07, 6.45) is 1.03. The third-order valence-corrected chi connectivity index (χ3v) is 4.99. The zero-order valence-electron chi connectivity index (χ0n) is 13.1. The largest absolute Gasteiger partial charge is 0.390 e. The number of nitrogens with two attached hydrogens (primary N) is 1. The van der Waals surface area contributed by atoms with Gasteiger partial charge in [0, 0.05) is 24.8 Å². The second-order valence-electron chi connectivity index (χ2n) is 5.80. The van der Waals surface area contributed by atoms with Crippen LogP contribution in [0, 0.1) is 0 Å². The summed E-state index contributed by atoms with van der Waals surface area (Å²) in [5.41, 5.74) is 6.92. The number of primary amides is 1. The predicted octanol–water partition coefficient (Wildman–Crippen LogP) is 0.597. The molecule has 1 fully saturated rings. The number of nitrogens with zero attached hydrogens (tertiary/aromatic N) is 3. The van der Waals surface area contributed by atoms with Crippen LogP contribution in [0.5, 0.6) is 0 Å². The number of carbonyl (C=O) groups is 1. The number of rotatable bonds is 4. The highest BCUT2D eigenvalue weighted by molar-refractivity contribution is 7.17. The Morgan fingerprint density at radius 3 is 3.00 bits per heavy atom. The van der Waals surface area contributed by atoms with Gasteiger partial charge in [-0.1, -0.05) is 0 Å². The molecule has 0 radical (unpaired) electrons. The number of anilines is 1. The molecule has 5 N–H and O–H groups in total. The van der Waals surface area contributed by atoms with Crippen LogP contribution < -0.4 is 16.4 Å². The zero-order chi connectivity index (χ0) is 17.4. The smallest absolute Gasteiger partial charge is 0.267 e. The van der Waals surface area contributed by atoms with Gasteiger partial charge in [0.2, 0.25) is 0 Å². The molecule has 3 aromatic heterocycles. The van der Waals surface area contributed by atoms with Crippen LogP contribution >= 0.6 is 11.3 Å². The fourth-order valence-electron chi connectivity index (χ4n) is 2.78. The van der Waals surface area contributed by atoms with E-state index in [-0.39, 0.29) is 11.7 Å². The molecule has 2 atom stereocenters. The number of amides is 1. The Labute approximate surface area is 147 Å². The number of fused-ring (bicyclic) bond motifs is 1. The average Bonchev–Trinajstić information content (AvgIpc) is 3.24. The van der Waals surface area contributed by atoms with Crippen molar-refractivity contribution in [2.75, 3.05) is 18.4 Å². The van der Waals surface area contributed by atoms with Gasteiger partial charge in [0.15, 0.2) is 5.82 Å². The van der Waals surface area contributed by atoms with Gasteiger partial charge in [0.05, 0.1) is 22.4 Å². The summed E-state index contributed by atoms with van der Waals surface area (Å²) in [7, 11) is 0. The fraction of sp³-hybridized carbons (Fsp3) is 0.250. The summed E-state index contributed by atoms with van der Waals surface area (Å²) in [5, 5.41) is 18.4. The Kier molecular flexibility index (Phi) is 4.04. The molecule has 128 valence electrons. The van der Waals surface area contributed by atoms with Crippen LogP contribution in [0.3, 0.4) is 0 Å². The molecular formula is C16H16N6O2S. The lowest BCUT2D eigenvalue weighted by molar-refractivity contribution is 0.0995. The number of β-amino-alcohol motifs (C(OH)–C–C–N with tert-alkyl or cyclic N) is 1. The van der Waals surface area contributed by atoms with E-state index in [4.69, 9.17) is 5.73 Å². The van der Waals surface area contributed by atoms with Gasteiger partial charge in [-0.2, -0.15) is 0 Å². The normalized spacial score (nSPS) is 20.0. The Balaban J connectivity index is 1.77. The van der Waals surface area contributed by atoms with Gasteiger partial charge in [0.1, 0.15) is 11.5 Å². The van der Waals surface area contributed by atoms with Crippen LogP contribution in [0.25, 0.3) is 21.6 Å². The van der Waals surface area contributed by atoms with Crippen LogP contribution in [0.4, 0.5) is 5.82 Å². The van der Waals surface area contributed by atoms with Crippen molar-refractivity contribution in [2.24, 2.45) is 5.73 Å². The molecule has 4 heterocycles. The second-order valence-corrected chi connectivity index (χ2v) is 6.72. The van der Waals surface area contributed by atoms with E-state index in [9.17, 15) is 9.90 Å². The SMILES string of the molecule is NC(=O)c1cc(-c2nc(N[C@H]3CNC[C@@H]3O)c3sccc3n2)ccn1. The van der Waals surface area contributed by atoms with Gasteiger partial charge in [-0.25, -0.2) is 9.97 Å². The lowest BCUT2D eigenvalue weighted by Crippen LogP contribution is -2.32. The van der Waals surface area contributed by atoms with E-state index in [0.717, 1.165) is 10.2 Å². The molecule has 0 unspecified atom stereocenters. The van der Waals surface area contributed by atoms with Crippen LogP contribution in [-0.4, -0.2) is 51.2 Å². The predicted molar refractivity (Wildman–Crippen MR) is 95.5 cm³/mol. The Bertz CT molecular complexity index is 943. The summed E-state index contributed by atoms with van der Waals surface area (Å²) >= 11 is 1.53. The maximum atomic E-state index is 11.4. The Morgan fingerprint density at radius 1 is 1.36 bits per heavy atom. The minimum atomic E-state index is -0.600. The third-order valence-electron chi connectivity index (χ3n) is 4.08. The van der Waals surface area contributed by atoms with Gasteiger partial charge >= 0.3 is 0 Å². The van der Waals surface area contributed by atoms with Crippen LogP contribution in [-0.2, 0) is 0 Å². The van der Waals surface area contributed by atoms with E-state index in [1.807, 2.05) is 11.4 Å². The first-order valence-corrected chi connectivity index (χ1v) is 8.66. The maximum absolute atomic E-state index is 11.4. The van der Waals surface area contributed by atoms with Crippen molar-refractivity contribution in [3.63, 3.8) is 0 Å². The molecule has 9 heteroatoms. The van der Waals surface area contributed by atoms with E-state index in [1.165, 1.54) is 17.5 Å². The highest BCUT2D eigenvalue weighted by Crippen LogP contribution is 2.30. The van der Waals surface area contributed by atoms with Crippen LogP contribution in [0.2, 0.25) is 0 Å². The van der Waals surface area contributed by atoms with E-state index < -0.39 is 12.0 Å². The van der Waals surface area contributed by atoms with Crippen molar-refractivity contribution in [1.82, 2.24) is 20.3 Å². The topological polar surface area (TPSA) is 126 Å². The molecule has 3 aromatic rings. The summed E-state index contributed by atoms with van der Waals surface area (Å²) in [5.74, 6) is 0.538. The first kappa shape index (κ1) is 15.9. The first-order valence-electron chi connectivity index (χ1n) is 7.78. The molecule has 1 aliphatic rings. The number of aromatic nitrogens is 3. The van der Waals surface area contributed by atoms with E-state index >= 15 is 0 Å². The number of nitrogens with one attached hydrogen (secondary N) is 2. The van der Waals surface area contributed by atoms with Gasteiger partial charge < -0.3 is 21.5 Å². The molecule has 0 spiro atoms. The summed E-state index contributed by atoms with van der Waals surface area (Å²) in [6.45, 7) is 1.21. The number of hydrogen-bond acceptors (Lipinski definition) is 8. The lowest BCUT2D eigenvalue weighted by Gasteiger charge is -2.17. The quantitative estimate of drug-likeness (QED) is 0.539. The van der Waals surface area contributed by atoms with Gasteiger partial charge in [0.25, 0.3) is 5.91 Å². The molecule has 0 aliphatic carbocycles. The highest BCUT2D eigenvalue weighted by Gasteiger charge is 2.26. The number of pyridine rings is 1. The molecule has 25 heavy (non-hydrogen) atoms. The monoisotopic (exact) mass is 356 g/mol. The molecule has 0 aromatic carbocycles. The second kappa shape index (κ2) is 6.36. The van der Waals surface area contributed by atoms with Crippen molar-refractivity contribution >= 4 is 33.3 Å². The molecule has 1 aliphatic heterocycles. The number of carbonyl (C=O) groups excluding carboxylic acids is 1. The summed E-state index contributed by atoms with van der Waals surface area (Å²) in [6, 6.07) is 5.10. The standard InChI is InChI=1S/C16H16N6O2S/c17-14(24)10-5-8(1-3-19-10)15-20-9-2-4-25-13(9)16(22-15)21-11-6-18-7-12(11)23/h1-5,11-12,18,23H,6-7H2,(H2,17,24)(H,20,21,22)/t11-,12-/m0/s1. The molecule has 0 bridgehead atoms. The van der Waals surface area contributed by atoms with Gasteiger partial charge in [-0.15, -0.1) is 11.3 Å². The maximum Gasteiger partial charge on any atom is 0.267 e. The van der Waals surface area contributed by atoms with Gasteiger partial charge in [-0.3, -0.25) is 9.78 Å². The number of aliphatic hydroxyl groups excluding tert-OH is 1. The van der Waals surface area contributed by atoms with E-state index in [1.54, 1.807) is 12.1 Å². The average molecular weight is 356 g/mol. The van der Waals surface area contributed by atoms with Crippen LogP contribution in [0.15, 0.2) is 29.8 Å². The van der Waals surface area contributed by atoms with Crippen molar-refractivity contribution in [1.29, 1.82) is 0 Å². The molecule has 0 saturated carbocycles. The minimum Gasteiger partial charge on any atom is -0.390 e. The number of thiophene rings is 1. The Hall–Kier alpha value is -2.62. The van der Waals surface area contributed by atoms with E-state index in [2.05, 4.69) is 25.6 Å².